The van der Waals surface area contributed by atoms with Gasteiger partial charge in [0.15, 0.2) is 0 Å². The summed E-state index contributed by atoms with van der Waals surface area (Å²) in [4.78, 5) is 20.7. The Balaban J connectivity index is 0.00000144. The number of nitrogens with zero attached hydrogens (tertiary/aromatic N) is 7. The van der Waals surface area contributed by atoms with Crippen LogP contribution in [0.25, 0.3) is 28.2 Å². The van der Waals surface area contributed by atoms with Gasteiger partial charge in [-0.25, -0.2) is 24.2 Å². The van der Waals surface area contributed by atoms with E-state index in [4.69, 9.17) is 10.1 Å². The van der Waals surface area contributed by atoms with E-state index < -0.39 is 0 Å². The number of pyridine rings is 2. The van der Waals surface area contributed by atoms with E-state index >= 15 is 0 Å². The van der Waals surface area contributed by atoms with Gasteiger partial charge in [0.2, 0.25) is 5.95 Å². The molecule has 1 aliphatic heterocycles. The molecule has 6 rings (SSSR count). The van der Waals surface area contributed by atoms with Gasteiger partial charge in [-0.15, -0.1) is 0 Å². The molecule has 0 aliphatic carbocycles. The standard InChI is InChI=1S/C27H26N8S.CH4O/c1-36-34-15-13-33(14-16-34)25-10-8-22(17-29-25)31-27-28-12-11-23(32-27)24-18-30-26-9-7-21(19-35(24)26)20-5-3-2-4-6-20;1-2/h2-12,17-19H,13-16H2,1H3,(H,28,31,32);2H,1H3. The van der Waals surface area contributed by atoms with Crippen LogP contribution in [0.4, 0.5) is 17.5 Å². The third kappa shape index (κ3) is 5.62. The Morgan fingerprint density at radius 2 is 1.63 bits per heavy atom. The van der Waals surface area contributed by atoms with Crippen molar-refractivity contribution < 1.29 is 5.11 Å². The Bertz CT molecular complexity index is 1470. The molecule has 0 bridgehead atoms. The summed E-state index contributed by atoms with van der Waals surface area (Å²) in [6.45, 7) is 4.05. The van der Waals surface area contributed by atoms with E-state index in [1.807, 2.05) is 48.8 Å². The van der Waals surface area contributed by atoms with Gasteiger partial charge in [-0.2, -0.15) is 0 Å². The number of rotatable bonds is 6. The highest BCUT2D eigenvalue weighted by Crippen LogP contribution is 2.25. The minimum atomic E-state index is 0.518. The summed E-state index contributed by atoms with van der Waals surface area (Å²) in [5.74, 6) is 1.51. The highest BCUT2D eigenvalue weighted by Gasteiger charge is 2.17. The molecule has 1 fully saturated rings. The molecule has 9 nitrogen and oxygen atoms in total. The third-order valence-corrected chi connectivity index (χ3v) is 7.24. The second-order valence-electron chi connectivity index (χ2n) is 8.55. The summed E-state index contributed by atoms with van der Waals surface area (Å²) >= 11 is 1.80. The largest absolute Gasteiger partial charge is 0.400 e. The fourth-order valence-corrected chi connectivity index (χ4v) is 4.94. The van der Waals surface area contributed by atoms with Crippen LogP contribution in [-0.2, 0) is 0 Å². The zero-order valence-electron chi connectivity index (χ0n) is 21.4. The molecule has 1 aliphatic rings. The van der Waals surface area contributed by atoms with Gasteiger partial charge in [0.05, 0.1) is 29.5 Å². The molecule has 2 N–H and O–H groups in total. The summed E-state index contributed by atoms with van der Waals surface area (Å²) in [7, 11) is 1.00. The second-order valence-corrected chi connectivity index (χ2v) is 9.43. The van der Waals surface area contributed by atoms with E-state index in [0.717, 1.165) is 73.0 Å². The van der Waals surface area contributed by atoms with Crippen molar-refractivity contribution in [3.8, 4) is 22.5 Å². The van der Waals surface area contributed by atoms with Crippen LogP contribution in [0, 0.1) is 0 Å². The van der Waals surface area contributed by atoms with Crippen molar-refractivity contribution in [1.29, 1.82) is 0 Å². The van der Waals surface area contributed by atoms with Crippen molar-refractivity contribution in [3.05, 3.63) is 85.5 Å². The number of aliphatic hydroxyl groups excluding tert-OH is 1. The normalized spacial score (nSPS) is 13.7. The van der Waals surface area contributed by atoms with Crippen LogP contribution >= 0.6 is 11.9 Å². The van der Waals surface area contributed by atoms with Gasteiger partial charge in [0, 0.05) is 45.7 Å². The molecular formula is C28H30N8OS. The lowest BCUT2D eigenvalue weighted by atomic mass is 10.1. The molecule has 0 radical (unpaired) electrons. The van der Waals surface area contributed by atoms with Gasteiger partial charge in [0.1, 0.15) is 11.5 Å². The molecule has 10 heteroatoms. The summed E-state index contributed by atoms with van der Waals surface area (Å²) in [5.41, 5.74) is 5.70. The molecule has 0 atom stereocenters. The molecule has 5 heterocycles. The second kappa shape index (κ2) is 12.0. The predicted octanol–water partition coefficient (Wildman–Crippen LogP) is 4.61. The number of imidazole rings is 1. The van der Waals surface area contributed by atoms with Crippen LogP contribution in [0.5, 0.6) is 0 Å². The van der Waals surface area contributed by atoms with Crippen LogP contribution in [0.3, 0.4) is 0 Å². The number of hydrogen-bond donors (Lipinski definition) is 2. The van der Waals surface area contributed by atoms with E-state index in [0.29, 0.717) is 5.95 Å². The summed E-state index contributed by atoms with van der Waals surface area (Å²) < 4.78 is 4.45. The monoisotopic (exact) mass is 526 g/mol. The lowest BCUT2D eigenvalue weighted by Crippen LogP contribution is -2.43. The summed E-state index contributed by atoms with van der Waals surface area (Å²) in [6, 6.07) is 20.4. The first-order valence-corrected chi connectivity index (χ1v) is 13.5. The van der Waals surface area contributed by atoms with Crippen LogP contribution in [0.2, 0.25) is 0 Å². The van der Waals surface area contributed by atoms with E-state index in [1.165, 1.54) is 0 Å². The van der Waals surface area contributed by atoms with Crippen LogP contribution in [0.1, 0.15) is 0 Å². The first kappa shape index (κ1) is 25.7. The maximum Gasteiger partial charge on any atom is 0.227 e. The Hall–Kier alpha value is -3.99. The predicted molar refractivity (Wildman–Crippen MR) is 155 cm³/mol. The van der Waals surface area contributed by atoms with Crippen LogP contribution in [-0.4, -0.2) is 73.3 Å². The fraction of sp³-hybridized carbons (Fsp3) is 0.214. The number of aliphatic hydroxyl groups is 1. The third-order valence-electron chi connectivity index (χ3n) is 6.36. The molecule has 1 saturated heterocycles. The van der Waals surface area contributed by atoms with Gasteiger partial charge >= 0.3 is 0 Å². The van der Waals surface area contributed by atoms with Gasteiger partial charge in [-0.1, -0.05) is 42.3 Å². The van der Waals surface area contributed by atoms with Gasteiger partial charge in [0.25, 0.3) is 0 Å². The Morgan fingerprint density at radius 1 is 0.816 bits per heavy atom. The number of piperazine rings is 1. The molecule has 1 aromatic carbocycles. The van der Waals surface area contributed by atoms with Crippen molar-refractivity contribution in [2.75, 3.05) is 49.8 Å². The fourth-order valence-electron chi connectivity index (χ4n) is 4.41. The zero-order valence-corrected chi connectivity index (χ0v) is 22.2. The maximum atomic E-state index is 7.00. The molecule has 5 aromatic rings. The van der Waals surface area contributed by atoms with Crippen molar-refractivity contribution in [1.82, 2.24) is 28.6 Å². The Kier molecular flexibility index (Phi) is 8.12. The quantitative estimate of drug-likeness (QED) is 0.308. The first-order chi connectivity index (χ1) is 18.8. The lowest BCUT2D eigenvalue weighted by Gasteiger charge is -2.33. The topological polar surface area (TPSA) is 94.7 Å². The average molecular weight is 527 g/mol. The maximum absolute atomic E-state index is 7.00. The number of aromatic nitrogens is 5. The van der Waals surface area contributed by atoms with Crippen molar-refractivity contribution in [2.45, 2.75) is 0 Å². The molecule has 0 unspecified atom stereocenters. The Morgan fingerprint density at radius 3 is 2.37 bits per heavy atom. The molecule has 38 heavy (non-hydrogen) atoms. The molecule has 194 valence electrons. The lowest BCUT2D eigenvalue weighted by molar-refractivity contribution is 0.399. The van der Waals surface area contributed by atoms with Crippen LogP contribution in [0.15, 0.2) is 85.5 Å². The van der Waals surface area contributed by atoms with Gasteiger partial charge in [-0.05, 0) is 47.7 Å². The molecular weight excluding hydrogens is 496 g/mol. The molecule has 0 saturated carbocycles. The highest BCUT2D eigenvalue weighted by atomic mass is 32.2. The minimum absolute atomic E-state index is 0.518. The molecule has 0 spiro atoms. The van der Waals surface area contributed by atoms with E-state index in [-0.39, 0.29) is 0 Å². The smallest absolute Gasteiger partial charge is 0.227 e. The molecule has 4 aromatic heterocycles. The first-order valence-electron chi connectivity index (χ1n) is 12.3. The number of hydrogen-bond acceptors (Lipinski definition) is 9. The van der Waals surface area contributed by atoms with E-state index in [9.17, 15) is 0 Å². The SMILES string of the molecule is CO.CSN1CCN(c2ccc(Nc3nccc(-c4cnc5ccc(-c6ccccc6)cn45)n3)cn2)CC1. The van der Waals surface area contributed by atoms with Gasteiger partial charge < -0.3 is 15.3 Å². The number of benzene rings is 1. The molecule has 0 amide bonds. The Labute approximate surface area is 226 Å². The van der Waals surface area contributed by atoms with Crippen molar-refractivity contribution in [2.24, 2.45) is 0 Å². The van der Waals surface area contributed by atoms with E-state index in [1.54, 1.807) is 18.1 Å². The number of nitrogens with one attached hydrogen (secondary N) is 1. The summed E-state index contributed by atoms with van der Waals surface area (Å²) in [6.07, 6.45) is 9.68. The minimum Gasteiger partial charge on any atom is -0.400 e. The van der Waals surface area contributed by atoms with Crippen molar-refractivity contribution in [3.63, 3.8) is 0 Å². The highest BCUT2D eigenvalue weighted by molar-refractivity contribution is 7.96. The number of anilines is 3. The number of fused-ring (bicyclic) bond motifs is 1. The zero-order chi connectivity index (χ0) is 26.3. The summed E-state index contributed by atoms with van der Waals surface area (Å²) in [5, 5.41) is 10.3. The van der Waals surface area contributed by atoms with E-state index in [2.05, 4.69) is 70.6 Å². The van der Waals surface area contributed by atoms with Crippen molar-refractivity contribution >= 4 is 35.0 Å². The van der Waals surface area contributed by atoms with Crippen LogP contribution < -0.4 is 10.2 Å². The van der Waals surface area contributed by atoms with Gasteiger partial charge in [-0.3, -0.25) is 4.40 Å². The average Bonchev–Trinajstić information content (AvgIpc) is 3.43.